The van der Waals surface area contributed by atoms with Crippen molar-refractivity contribution < 1.29 is 5.11 Å². The van der Waals surface area contributed by atoms with E-state index < -0.39 is 0 Å². The number of hydrogen-bond donors (Lipinski definition) is 1. The van der Waals surface area contributed by atoms with Crippen molar-refractivity contribution >= 4 is 0 Å². The zero-order chi connectivity index (χ0) is 15.9. The van der Waals surface area contributed by atoms with Gasteiger partial charge in [0.2, 0.25) is 0 Å². The van der Waals surface area contributed by atoms with Crippen LogP contribution >= 0.6 is 0 Å². The van der Waals surface area contributed by atoms with E-state index in [-0.39, 0.29) is 6.10 Å². The normalized spacial score (nSPS) is 35.5. The van der Waals surface area contributed by atoms with Crippen molar-refractivity contribution in [1.29, 1.82) is 0 Å². The van der Waals surface area contributed by atoms with Gasteiger partial charge >= 0.3 is 0 Å². The fraction of sp³-hybridized carbons (Fsp3) is 0.700. The van der Waals surface area contributed by atoms with Gasteiger partial charge < -0.3 is 5.11 Å². The summed E-state index contributed by atoms with van der Waals surface area (Å²) in [7, 11) is 0. The Bertz CT molecular complexity index is 498. The molecule has 3 rings (SSSR count). The molecule has 2 unspecified atom stereocenters. The third kappa shape index (κ3) is 2.72. The average molecular weight is 301 g/mol. The minimum Gasteiger partial charge on any atom is -0.393 e. The second kappa shape index (κ2) is 5.98. The summed E-state index contributed by atoms with van der Waals surface area (Å²) in [6.07, 6.45) is 2.12. The van der Waals surface area contributed by atoms with Crippen molar-refractivity contribution in [1.82, 2.24) is 4.90 Å². The first-order chi connectivity index (χ1) is 10.4. The Labute approximate surface area is 135 Å². The van der Waals surface area contributed by atoms with E-state index in [4.69, 9.17) is 0 Å². The molecule has 0 bridgehead atoms. The van der Waals surface area contributed by atoms with E-state index in [1.807, 2.05) is 0 Å². The number of benzene rings is 1. The Morgan fingerprint density at radius 3 is 2.32 bits per heavy atom. The molecule has 1 spiro atoms. The fourth-order valence-electron chi connectivity index (χ4n) is 5.28. The van der Waals surface area contributed by atoms with Gasteiger partial charge in [-0.25, -0.2) is 0 Å². The van der Waals surface area contributed by atoms with E-state index in [2.05, 4.69) is 62.9 Å². The zero-order valence-electron chi connectivity index (χ0n) is 14.5. The van der Waals surface area contributed by atoms with E-state index in [1.54, 1.807) is 0 Å². The number of aliphatic hydroxyl groups excluding tert-OH is 1. The van der Waals surface area contributed by atoms with Crippen LogP contribution < -0.4 is 0 Å². The lowest BCUT2D eigenvalue weighted by atomic mass is 9.65. The van der Waals surface area contributed by atoms with Crippen molar-refractivity contribution in [2.75, 3.05) is 6.54 Å². The van der Waals surface area contributed by atoms with Crippen LogP contribution in [0.1, 0.15) is 46.1 Å². The first kappa shape index (κ1) is 16.0. The topological polar surface area (TPSA) is 23.5 Å². The smallest absolute Gasteiger partial charge is 0.0577 e. The van der Waals surface area contributed by atoms with Crippen molar-refractivity contribution in [3.05, 3.63) is 35.9 Å². The van der Waals surface area contributed by atoms with Gasteiger partial charge in [-0.1, -0.05) is 58.0 Å². The molecular weight excluding hydrogens is 270 g/mol. The van der Waals surface area contributed by atoms with Crippen LogP contribution in [-0.2, 0) is 6.54 Å². The Morgan fingerprint density at radius 1 is 1.09 bits per heavy atom. The fourth-order valence-corrected chi connectivity index (χ4v) is 5.28. The molecule has 2 aliphatic rings. The van der Waals surface area contributed by atoms with Gasteiger partial charge in [0.25, 0.3) is 0 Å². The number of likely N-dealkylation sites (tertiary alicyclic amines) is 1. The molecule has 1 aliphatic heterocycles. The molecule has 0 radical (unpaired) electrons. The summed E-state index contributed by atoms with van der Waals surface area (Å²) in [4.78, 5) is 2.63. The molecule has 1 saturated carbocycles. The SMILES string of the molecule is CC(C)C1N(Cc2ccccc2)CC12C[C@@H](O)[C@H](C(C)C)C2. The van der Waals surface area contributed by atoms with Gasteiger partial charge in [0.15, 0.2) is 0 Å². The monoisotopic (exact) mass is 301 g/mol. The van der Waals surface area contributed by atoms with Crippen molar-refractivity contribution in [2.45, 2.75) is 59.2 Å². The maximum atomic E-state index is 10.5. The van der Waals surface area contributed by atoms with E-state index in [0.29, 0.717) is 29.2 Å². The molecule has 122 valence electrons. The summed E-state index contributed by atoms with van der Waals surface area (Å²) >= 11 is 0. The van der Waals surface area contributed by atoms with E-state index in [9.17, 15) is 5.11 Å². The van der Waals surface area contributed by atoms with E-state index in [0.717, 1.165) is 19.5 Å². The molecule has 1 N–H and O–H groups in total. The highest BCUT2D eigenvalue weighted by atomic mass is 16.3. The molecular formula is C20H31NO. The summed E-state index contributed by atoms with van der Waals surface area (Å²) < 4.78 is 0. The maximum Gasteiger partial charge on any atom is 0.0577 e. The van der Waals surface area contributed by atoms with Crippen LogP contribution in [0.5, 0.6) is 0 Å². The minimum atomic E-state index is -0.0971. The first-order valence-corrected chi connectivity index (χ1v) is 8.89. The quantitative estimate of drug-likeness (QED) is 0.910. The average Bonchev–Trinajstić information content (AvgIpc) is 2.78. The molecule has 0 amide bonds. The van der Waals surface area contributed by atoms with Gasteiger partial charge in [0.05, 0.1) is 6.10 Å². The van der Waals surface area contributed by atoms with Crippen LogP contribution in [0.15, 0.2) is 30.3 Å². The summed E-state index contributed by atoms with van der Waals surface area (Å²) in [6.45, 7) is 11.4. The summed E-state index contributed by atoms with van der Waals surface area (Å²) in [5.74, 6) is 1.72. The highest BCUT2D eigenvalue weighted by Gasteiger charge is 2.59. The number of rotatable bonds is 4. The number of hydrogen-bond acceptors (Lipinski definition) is 2. The predicted molar refractivity (Wildman–Crippen MR) is 91.5 cm³/mol. The minimum absolute atomic E-state index is 0.0971. The summed E-state index contributed by atoms with van der Waals surface area (Å²) in [5.41, 5.74) is 1.76. The van der Waals surface area contributed by atoms with Gasteiger partial charge in [-0.3, -0.25) is 4.90 Å². The van der Waals surface area contributed by atoms with Gasteiger partial charge in [-0.2, -0.15) is 0 Å². The third-order valence-corrected chi connectivity index (χ3v) is 6.01. The molecule has 2 nitrogen and oxygen atoms in total. The standard InChI is InChI=1S/C20H31NO/c1-14(2)17-10-20(11-18(17)22)13-21(19(20)15(3)4)12-16-8-6-5-7-9-16/h5-9,14-15,17-19,22H,10-13H2,1-4H3/t17-,18+,19?,20?/m0/s1. The molecule has 1 heterocycles. The summed E-state index contributed by atoms with van der Waals surface area (Å²) in [5, 5.41) is 10.5. The first-order valence-electron chi connectivity index (χ1n) is 8.89. The van der Waals surface area contributed by atoms with Crippen LogP contribution in [0.2, 0.25) is 0 Å². The number of nitrogens with zero attached hydrogens (tertiary/aromatic N) is 1. The van der Waals surface area contributed by atoms with Crippen LogP contribution in [0, 0.1) is 23.2 Å². The highest BCUT2D eigenvalue weighted by molar-refractivity contribution is 5.18. The Morgan fingerprint density at radius 2 is 1.77 bits per heavy atom. The molecule has 2 fully saturated rings. The maximum absolute atomic E-state index is 10.5. The molecule has 0 aromatic heterocycles. The number of aliphatic hydroxyl groups is 1. The molecule has 1 aromatic rings. The van der Waals surface area contributed by atoms with Gasteiger partial charge in [0, 0.05) is 24.5 Å². The third-order valence-electron chi connectivity index (χ3n) is 6.01. The van der Waals surface area contributed by atoms with Crippen LogP contribution in [0.4, 0.5) is 0 Å². The molecule has 1 aliphatic carbocycles. The molecule has 4 atom stereocenters. The second-order valence-corrected chi connectivity index (χ2v) is 8.33. The van der Waals surface area contributed by atoms with Gasteiger partial charge in [-0.05, 0) is 36.2 Å². The lowest BCUT2D eigenvalue weighted by molar-refractivity contribution is -0.106. The Balaban J connectivity index is 1.73. The summed E-state index contributed by atoms with van der Waals surface area (Å²) in [6, 6.07) is 11.4. The Hall–Kier alpha value is -0.860. The van der Waals surface area contributed by atoms with Crippen molar-refractivity contribution in [3.63, 3.8) is 0 Å². The van der Waals surface area contributed by atoms with Gasteiger partial charge in [0.1, 0.15) is 0 Å². The van der Waals surface area contributed by atoms with Crippen LogP contribution in [-0.4, -0.2) is 28.7 Å². The van der Waals surface area contributed by atoms with Crippen molar-refractivity contribution in [2.24, 2.45) is 23.2 Å². The largest absolute Gasteiger partial charge is 0.393 e. The van der Waals surface area contributed by atoms with E-state index >= 15 is 0 Å². The van der Waals surface area contributed by atoms with Gasteiger partial charge in [-0.15, -0.1) is 0 Å². The highest BCUT2D eigenvalue weighted by Crippen LogP contribution is 2.56. The lowest BCUT2D eigenvalue weighted by Crippen LogP contribution is -2.65. The van der Waals surface area contributed by atoms with Crippen LogP contribution in [0.25, 0.3) is 0 Å². The van der Waals surface area contributed by atoms with Crippen molar-refractivity contribution in [3.8, 4) is 0 Å². The molecule has 1 aromatic carbocycles. The molecule has 1 saturated heterocycles. The lowest BCUT2D eigenvalue weighted by Gasteiger charge is -2.59. The molecule has 22 heavy (non-hydrogen) atoms. The second-order valence-electron chi connectivity index (χ2n) is 8.33. The predicted octanol–water partition coefficient (Wildman–Crippen LogP) is 3.94. The van der Waals surface area contributed by atoms with Crippen LogP contribution in [0.3, 0.4) is 0 Å². The zero-order valence-corrected chi connectivity index (χ0v) is 14.5. The Kier molecular flexibility index (Phi) is 4.35. The molecule has 2 heteroatoms. The van der Waals surface area contributed by atoms with E-state index in [1.165, 1.54) is 12.0 Å².